The molecule has 1 aliphatic rings. The first-order valence-electron chi connectivity index (χ1n) is 9.70. The minimum absolute atomic E-state index is 0.0738. The first kappa shape index (κ1) is 22.7. The third-order valence-corrected chi connectivity index (χ3v) is 6.55. The summed E-state index contributed by atoms with van der Waals surface area (Å²) in [6.07, 6.45) is 0. The van der Waals surface area contributed by atoms with E-state index in [1.165, 1.54) is 16.4 Å². The summed E-state index contributed by atoms with van der Waals surface area (Å²) in [5.41, 5.74) is 1.46. The summed E-state index contributed by atoms with van der Waals surface area (Å²) in [7, 11) is 0.0243. The number of rotatable bonds is 7. The number of hydrogen-bond acceptors (Lipinski definition) is 7. The summed E-state index contributed by atoms with van der Waals surface area (Å²) in [6.45, 7) is 0.760. The SMILES string of the molecule is CN(C)c1cccc(C(=O)OCC(=O)Nc2cccc(S(=O)(=O)N3CCOCC3)c2)c1. The minimum atomic E-state index is -3.68. The number of ether oxygens (including phenoxy) is 2. The third-order valence-electron chi connectivity index (χ3n) is 4.66. The van der Waals surface area contributed by atoms with Gasteiger partial charge in [-0.25, -0.2) is 13.2 Å². The molecule has 0 aliphatic carbocycles. The number of anilines is 2. The van der Waals surface area contributed by atoms with Crippen LogP contribution < -0.4 is 10.2 Å². The van der Waals surface area contributed by atoms with E-state index in [-0.39, 0.29) is 18.0 Å². The van der Waals surface area contributed by atoms with Crippen molar-refractivity contribution >= 4 is 33.3 Å². The van der Waals surface area contributed by atoms with E-state index in [9.17, 15) is 18.0 Å². The Bertz CT molecular complexity index is 1050. The first-order valence-corrected chi connectivity index (χ1v) is 11.1. The van der Waals surface area contributed by atoms with Crippen LogP contribution >= 0.6 is 0 Å². The normalized spacial score (nSPS) is 14.6. The fraction of sp³-hybridized carbons (Fsp3) is 0.333. The Hall–Kier alpha value is -2.95. The maximum Gasteiger partial charge on any atom is 0.338 e. The molecule has 1 fully saturated rings. The molecule has 2 aromatic rings. The van der Waals surface area contributed by atoms with Gasteiger partial charge in [0.2, 0.25) is 10.0 Å². The first-order chi connectivity index (χ1) is 14.8. The molecule has 3 rings (SSSR count). The average Bonchev–Trinajstić information content (AvgIpc) is 2.78. The van der Waals surface area contributed by atoms with E-state index in [0.717, 1.165) is 5.69 Å². The van der Waals surface area contributed by atoms with Crippen LogP contribution in [0.5, 0.6) is 0 Å². The number of morpholine rings is 1. The van der Waals surface area contributed by atoms with Crippen molar-refractivity contribution < 1.29 is 27.5 Å². The van der Waals surface area contributed by atoms with Gasteiger partial charge in [-0.3, -0.25) is 4.79 Å². The fourth-order valence-electron chi connectivity index (χ4n) is 2.99. The number of nitrogens with one attached hydrogen (secondary N) is 1. The predicted molar refractivity (Wildman–Crippen MR) is 116 cm³/mol. The lowest BCUT2D eigenvalue weighted by atomic mass is 10.2. The highest BCUT2D eigenvalue weighted by molar-refractivity contribution is 7.89. The Morgan fingerprint density at radius 3 is 2.52 bits per heavy atom. The van der Waals surface area contributed by atoms with Crippen LogP contribution in [0.15, 0.2) is 53.4 Å². The van der Waals surface area contributed by atoms with E-state index in [4.69, 9.17) is 9.47 Å². The van der Waals surface area contributed by atoms with E-state index in [1.54, 1.807) is 30.3 Å². The summed E-state index contributed by atoms with van der Waals surface area (Å²) < 4.78 is 37.1. The van der Waals surface area contributed by atoms with E-state index < -0.39 is 28.5 Å². The second-order valence-corrected chi connectivity index (χ2v) is 9.05. The van der Waals surface area contributed by atoms with Crippen molar-refractivity contribution in [1.82, 2.24) is 4.31 Å². The van der Waals surface area contributed by atoms with Crippen LogP contribution in [0.4, 0.5) is 11.4 Å². The molecule has 0 spiro atoms. The Balaban J connectivity index is 1.60. The van der Waals surface area contributed by atoms with Gasteiger partial charge in [0, 0.05) is 38.6 Å². The summed E-state index contributed by atoms with van der Waals surface area (Å²) in [6, 6.07) is 12.8. The Morgan fingerprint density at radius 2 is 1.81 bits per heavy atom. The van der Waals surface area contributed by atoms with E-state index in [1.807, 2.05) is 25.1 Å². The molecule has 1 heterocycles. The smallest absolute Gasteiger partial charge is 0.338 e. The molecule has 9 nitrogen and oxygen atoms in total. The fourth-order valence-corrected chi connectivity index (χ4v) is 4.45. The molecule has 2 aromatic carbocycles. The molecule has 166 valence electrons. The van der Waals surface area contributed by atoms with Gasteiger partial charge in [-0.1, -0.05) is 12.1 Å². The molecular weight excluding hydrogens is 422 g/mol. The van der Waals surface area contributed by atoms with Crippen molar-refractivity contribution in [1.29, 1.82) is 0 Å². The number of hydrogen-bond donors (Lipinski definition) is 1. The summed E-state index contributed by atoms with van der Waals surface area (Å²) >= 11 is 0. The van der Waals surface area contributed by atoms with Gasteiger partial charge >= 0.3 is 5.97 Å². The lowest BCUT2D eigenvalue weighted by Gasteiger charge is -2.26. The van der Waals surface area contributed by atoms with Gasteiger partial charge in [-0.05, 0) is 36.4 Å². The van der Waals surface area contributed by atoms with Gasteiger partial charge in [-0.15, -0.1) is 0 Å². The van der Waals surface area contributed by atoms with Crippen molar-refractivity contribution in [2.75, 3.05) is 57.2 Å². The Labute approximate surface area is 181 Å². The van der Waals surface area contributed by atoms with Crippen molar-refractivity contribution in [2.24, 2.45) is 0 Å². The van der Waals surface area contributed by atoms with Crippen LogP contribution in [0, 0.1) is 0 Å². The summed E-state index contributed by atoms with van der Waals surface area (Å²) in [4.78, 5) is 26.4. The van der Waals surface area contributed by atoms with Crippen LogP contribution in [0.3, 0.4) is 0 Å². The van der Waals surface area contributed by atoms with E-state index >= 15 is 0 Å². The highest BCUT2D eigenvalue weighted by Gasteiger charge is 2.26. The van der Waals surface area contributed by atoms with Crippen molar-refractivity contribution in [3.8, 4) is 0 Å². The van der Waals surface area contributed by atoms with Crippen LogP contribution in [0.1, 0.15) is 10.4 Å². The van der Waals surface area contributed by atoms with Crippen LogP contribution in [0.2, 0.25) is 0 Å². The standard InChI is InChI=1S/C21H25N3O6S/c1-23(2)18-7-3-5-16(13-18)21(26)30-15-20(25)22-17-6-4-8-19(14-17)31(27,28)24-9-11-29-12-10-24/h3-8,13-14H,9-12,15H2,1-2H3,(H,22,25). The largest absolute Gasteiger partial charge is 0.452 e. The Kier molecular flexibility index (Phi) is 7.26. The molecule has 1 aliphatic heterocycles. The molecule has 10 heteroatoms. The number of esters is 1. The van der Waals surface area contributed by atoms with Gasteiger partial charge in [0.05, 0.1) is 23.7 Å². The third kappa shape index (κ3) is 5.81. The lowest BCUT2D eigenvalue weighted by molar-refractivity contribution is -0.119. The highest BCUT2D eigenvalue weighted by atomic mass is 32.2. The molecule has 0 bridgehead atoms. The van der Waals surface area contributed by atoms with E-state index in [2.05, 4.69) is 5.32 Å². The monoisotopic (exact) mass is 447 g/mol. The van der Waals surface area contributed by atoms with Crippen molar-refractivity contribution in [3.05, 3.63) is 54.1 Å². The maximum absolute atomic E-state index is 12.8. The number of carbonyl (C=O) groups excluding carboxylic acids is 2. The second-order valence-electron chi connectivity index (χ2n) is 7.11. The molecule has 1 saturated heterocycles. The predicted octanol–water partition coefficient (Wildman–Crippen LogP) is 1.57. The molecule has 0 atom stereocenters. The second kappa shape index (κ2) is 9.90. The maximum atomic E-state index is 12.8. The topological polar surface area (TPSA) is 105 Å². The molecule has 0 radical (unpaired) electrons. The molecule has 0 unspecified atom stereocenters. The van der Waals surface area contributed by atoms with Gasteiger partial charge < -0.3 is 19.7 Å². The quantitative estimate of drug-likeness (QED) is 0.642. The molecule has 0 aromatic heterocycles. The zero-order chi connectivity index (χ0) is 22.4. The van der Waals surface area contributed by atoms with Gasteiger partial charge in [-0.2, -0.15) is 4.31 Å². The molecule has 31 heavy (non-hydrogen) atoms. The number of carbonyl (C=O) groups is 2. The zero-order valence-corrected chi connectivity index (χ0v) is 18.2. The van der Waals surface area contributed by atoms with Crippen LogP contribution in [0.25, 0.3) is 0 Å². The molecular formula is C21H25N3O6S. The molecule has 1 N–H and O–H groups in total. The van der Waals surface area contributed by atoms with Gasteiger partial charge in [0.15, 0.2) is 6.61 Å². The minimum Gasteiger partial charge on any atom is -0.452 e. The Morgan fingerprint density at radius 1 is 1.10 bits per heavy atom. The van der Waals surface area contributed by atoms with Crippen molar-refractivity contribution in [2.45, 2.75) is 4.90 Å². The zero-order valence-electron chi connectivity index (χ0n) is 17.4. The van der Waals surface area contributed by atoms with Crippen LogP contribution in [-0.2, 0) is 24.3 Å². The van der Waals surface area contributed by atoms with Crippen LogP contribution in [-0.4, -0.2) is 71.6 Å². The van der Waals surface area contributed by atoms with Gasteiger partial charge in [0.1, 0.15) is 0 Å². The lowest BCUT2D eigenvalue weighted by Crippen LogP contribution is -2.40. The van der Waals surface area contributed by atoms with Gasteiger partial charge in [0.25, 0.3) is 5.91 Å². The number of benzene rings is 2. The van der Waals surface area contributed by atoms with E-state index in [0.29, 0.717) is 24.5 Å². The summed E-state index contributed by atoms with van der Waals surface area (Å²) in [5, 5.41) is 2.56. The summed E-state index contributed by atoms with van der Waals surface area (Å²) in [5.74, 6) is -1.19. The molecule has 1 amide bonds. The van der Waals surface area contributed by atoms with Crippen molar-refractivity contribution in [3.63, 3.8) is 0 Å². The number of nitrogens with zero attached hydrogens (tertiary/aromatic N) is 2. The molecule has 0 saturated carbocycles. The highest BCUT2D eigenvalue weighted by Crippen LogP contribution is 2.20. The number of sulfonamides is 1. The number of amides is 1. The average molecular weight is 448 g/mol.